The topological polar surface area (TPSA) is 116 Å². The molecule has 0 unspecified atom stereocenters. The molecule has 0 atom stereocenters. The molecule has 0 aliphatic heterocycles. The van der Waals surface area contributed by atoms with Crippen molar-refractivity contribution in [3.8, 4) is 0 Å². The summed E-state index contributed by atoms with van der Waals surface area (Å²) in [5.41, 5.74) is 0. The van der Waals surface area contributed by atoms with Gasteiger partial charge in [-0.15, -0.1) is 0 Å². The van der Waals surface area contributed by atoms with Crippen LogP contribution in [0.1, 0.15) is 349 Å². The summed E-state index contributed by atoms with van der Waals surface area (Å²) in [4.78, 5) is 52.5. The number of carbonyl (C=O) groups excluding carboxylic acids is 4. The first kappa shape index (κ1) is 69.9. The van der Waals surface area contributed by atoms with Crippen molar-refractivity contribution in [1.29, 1.82) is 0 Å². The second-order valence-corrected chi connectivity index (χ2v) is 22.6. The van der Waals surface area contributed by atoms with E-state index in [-0.39, 0.29) is 35.5 Å². The predicted octanol–water partition coefficient (Wildman–Crippen LogP) is 18.3. The zero-order valence-corrected chi connectivity index (χ0v) is 49.0. The summed E-state index contributed by atoms with van der Waals surface area (Å²) < 4.78 is 0. The van der Waals surface area contributed by atoms with Crippen LogP contribution in [0.15, 0.2) is 0 Å². The Hall–Kier alpha value is -2.12. The molecule has 0 aromatic rings. The molecule has 0 heterocycles. The third-order valence-electron chi connectivity index (χ3n) is 15.5. The molecule has 0 saturated carbocycles. The fraction of sp³-hybridized carbons (Fsp3) is 0.938. The Morgan fingerprint density at radius 1 is 0.222 bits per heavy atom. The Morgan fingerprint density at radius 3 is 0.542 bits per heavy atom. The van der Waals surface area contributed by atoms with Crippen LogP contribution < -0.4 is 21.3 Å². The number of carbonyl (C=O) groups is 4. The molecule has 4 amide bonds. The lowest BCUT2D eigenvalue weighted by atomic mass is 9.85. The molecule has 426 valence electrons. The molecule has 0 aromatic carbocycles. The van der Waals surface area contributed by atoms with Gasteiger partial charge in [0.2, 0.25) is 23.6 Å². The predicted molar refractivity (Wildman–Crippen MR) is 313 cm³/mol. The van der Waals surface area contributed by atoms with Gasteiger partial charge in [0.15, 0.2) is 0 Å². The van der Waals surface area contributed by atoms with Gasteiger partial charge in [-0.3, -0.25) is 19.2 Å². The molecule has 8 nitrogen and oxygen atoms in total. The Labute approximate surface area is 449 Å². The lowest BCUT2D eigenvalue weighted by Crippen LogP contribution is -2.27. The smallest absolute Gasteiger partial charge is 0.220 e. The summed E-state index contributed by atoms with van der Waals surface area (Å²) in [6.07, 6.45) is 58.0. The van der Waals surface area contributed by atoms with E-state index in [9.17, 15) is 19.2 Å². The van der Waals surface area contributed by atoms with Crippen LogP contribution in [0.2, 0.25) is 0 Å². The van der Waals surface area contributed by atoms with Gasteiger partial charge in [-0.05, 0) is 63.2 Å². The quantitative estimate of drug-likeness (QED) is 0.0454. The van der Waals surface area contributed by atoms with E-state index in [0.29, 0.717) is 25.7 Å². The minimum Gasteiger partial charge on any atom is -0.356 e. The Morgan fingerprint density at radius 2 is 0.375 bits per heavy atom. The molecule has 0 radical (unpaired) electrons. The molecule has 0 spiro atoms. The first-order chi connectivity index (χ1) is 35.4. The molecular formula is C64H126N4O4. The van der Waals surface area contributed by atoms with Crippen LogP contribution in [-0.2, 0) is 19.2 Å². The van der Waals surface area contributed by atoms with E-state index in [2.05, 4.69) is 49.0 Å². The van der Waals surface area contributed by atoms with Gasteiger partial charge in [-0.25, -0.2) is 0 Å². The van der Waals surface area contributed by atoms with Crippen LogP contribution in [0.25, 0.3) is 0 Å². The summed E-state index contributed by atoms with van der Waals surface area (Å²) in [7, 11) is 0. The normalized spacial score (nSPS) is 11.5. The molecule has 72 heavy (non-hydrogen) atoms. The standard InChI is InChI=1S/C64H126N4O4/c1-5-9-13-17-21-25-29-33-37-41-55-65-61(69)51-47-59(48-52-62(70)66-56-42-38-34-30-26-22-18-14-10-6-2)45-46-60(49-53-63(71)67-57-43-39-35-31-27-23-19-15-11-7-3)50-54-64(72)68-58-44-40-36-32-28-24-20-16-12-8-4/h59-60H,5-58H2,1-4H3,(H,65,69)(H,66,70)(H,67,71)(H,68,72). The van der Waals surface area contributed by atoms with Gasteiger partial charge >= 0.3 is 0 Å². The van der Waals surface area contributed by atoms with Crippen molar-refractivity contribution >= 4 is 23.6 Å². The van der Waals surface area contributed by atoms with Gasteiger partial charge in [0, 0.05) is 51.9 Å². The molecule has 0 aliphatic carbocycles. The summed E-state index contributed by atoms with van der Waals surface area (Å²) in [6.45, 7) is 12.0. The monoisotopic (exact) mass is 1010 g/mol. The largest absolute Gasteiger partial charge is 0.356 e. The summed E-state index contributed by atoms with van der Waals surface area (Å²) >= 11 is 0. The number of hydrogen-bond acceptors (Lipinski definition) is 4. The van der Waals surface area contributed by atoms with Crippen LogP contribution in [0.5, 0.6) is 0 Å². The van der Waals surface area contributed by atoms with E-state index in [1.54, 1.807) is 0 Å². The highest BCUT2D eigenvalue weighted by Gasteiger charge is 2.19. The zero-order chi connectivity index (χ0) is 52.5. The van der Waals surface area contributed by atoms with Gasteiger partial charge in [0.1, 0.15) is 0 Å². The molecule has 0 saturated heterocycles. The van der Waals surface area contributed by atoms with Gasteiger partial charge in [-0.1, -0.05) is 272 Å². The van der Waals surface area contributed by atoms with Crippen molar-refractivity contribution in [3.63, 3.8) is 0 Å². The van der Waals surface area contributed by atoms with Crippen LogP contribution >= 0.6 is 0 Å². The first-order valence-electron chi connectivity index (χ1n) is 32.4. The second-order valence-electron chi connectivity index (χ2n) is 22.6. The average molecular weight is 1020 g/mol. The minimum atomic E-state index is 0.121. The van der Waals surface area contributed by atoms with E-state index in [0.717, 1.165) is 90.4 Å². The molecule has 0 aliphatic rings. The fourth-order valence-electron chi connectivity index (χ4n) is 10.4. The van der Waals surface area contributed by atoms with Crippen molar-refractivity contribution in [2.75, 3.05) is 26.2 Å². The molecule has 8 heteroatoms. The van der Waals surface area contributed by atoms with Gasteiger partial charge in [-0.2, -0.15) is 0 Å². The molecular weight excluding hydrogens is 889 g/mol. The van der Waals surface area contributed by atoms with Gasteiger partial charge in [0.25, 0.3) is 0 Å². The first-order valence-corrected chi connectivity index (χ1v) is 32.4. The van der Waals surface area contributed by atoms with Crippen molar-refractivity contribution in [2.24, 2.45) is 11.8 Å². The molecule has 0 rings (SSSR count). The maximum Gasteiger partial charge on any atom is 0.220 e. The van der Waals surface area contributed by atoms with Crippen molar-refractivity contribution in [3.05, 3.63) is 0 Å². The lowest BCUT2D eigenvalue weighted by molar-refractivity contribution is -0.123. The Bertz CT molecular complexity index is 993. The number of rotatable bonds is 59. The van der Waals surface area contributed by atoms with E-state index in [1.807, 2.05) is 0 Å². The van der Waals surface area contributed by atoms with Gasteiger partial charge < -0.3 is 21.3 Å². The third-order valence-corrected chi connectivity index (χ3v) is 15.5. The van der Waals surface area contributed by atoms with Crippen molar-refractivity contribution < 1.29 is 19.2 Å². The van der Waals surface area contributed by atoms with E-state index in [1.165, 1.54) is 231 Å². The second kappa shape index (κ2) is 58.1. The van der Waals surface area contributed by atoms with Gasteiger partial charge in [0.05, 0.1) is 0 Å². The fourth-order valence-corrected chi connectivity index (χ4v) is 10.4. The maximum absolute atomic E-state index is 13.1. The Balaban J connectivity index is 5.23. The van der Waals surface area contributed by atoms with Crippen molar-refractivity contribution in [1.82, 2.24) is 21.3 Å². The molecule has 0 fully saturated rings. The minimum absolute atomic E-state index is 0.121. The van der Waals surface area contributed by atoms with Crippen LogP contribution in [0.4, 0.5) is 0 Å². The molecule has 0 bridgehead atoms. The van der Waals surface area contributed by atoms with E-state index in [4.69, 9.17) is 0 Å². The summed E-state index contributed by atoms with van der Waals surface area (Å²) in [5, 5.41) is 12.8. The number of hydrogen-bond donors (Lipinski definition) is 4. The lowest BCUT2D eigenvalue weighted by Gasteiger charge is -2.22. The molecule has 0 aromatic heterocycles. The third kappa shape index (κ3) is 54.2. The van der Waals surface area contributed by atoms with Crippen LogP contribution in [0, 0.1) is 11.8 Å². The average Bonchev–Trinajstić information content (AvgIpc) is 3.38. The number of amides is 4. The zero-order valence-electron chi connectivity index (χ0n) is 49.0. The van der Waals surface area contributed by atoms with Crippen LogP contribution in [0.3, 0.4) is 0 Å². The van der Waals surface area contributed by atoms with Crippen molar-refractivity contribution in [2.45, 2.75) is 349 Å². The number of nitrogens with one attached hydrogen (secondary N) is 4. The maximum atomic E-state index is 13.1. The highest BCUT2D eigenvalue weighted by atomic mass is 16.2. The van der Waals surface area contributed by atoms with Crippen LogP contribution in [-0.4, -0.2) is 49.8 Å². The number of unbranched alkanes of at least 4 members (excludes halogenated alkanes) is 36. The Kier molecular flexibility index (Phi) is 56.4. The summed E-state index contributed by atoms with van der Waals surface area (Å²) in [5.74, 6) is 0.974. The highest BCUT2D eigenvalue weighted by molar-refractivity contribution is 5.77. The SMILES string of the molecule is CCCCCCCCCCCCNC(=O)CCC(CCC(=O)NCCCCCCCCCCCC)CCC(CCC(=O)NCCCCCCCCCCCC)CCC(=O)NCCCCCCCCCCCC. The van der Waals surface area contributed by atoms with E-state index < -0.39 is 0 Å². The van der Waals surface area contributed by atoms with E-state index >= 15 is 0 Å². The highest BCUT2D eigenvalue weighted by Crippen LogP contribution is 2.27. The summed E-state index contributed by atoms with van der Waals surface area (Å²) in [6, 6.07) is 0. The molecule has 4 N–H and O–H groups in total.